The maximum absolute atomic E-state index is 13.0. The maximum atomic E-state index is 13.0. The highest BCUT2D eigenvalue weighted by Gasteiger charge is 2.27. The molecule has 3 aromatic carbocycles. The number of benzene rings is 3. The van der Waals surface area contributed by atoms with Crippen molar-refractivity contribution in [3.05, 3.63) is 77.3 Å². The van der Waals surface area contributed by atoms with Crippen molar-refractivity contribution in [2.75, 3.05) is 42.9 Å². The molecular weight excluding hydrogens is 554 g/mol. The third-order valence-corrected chi connectivity index (χ3v) is 9.25. The van der Waals surface area contributed by atoms with Gasteiger partial charge in [0.1, 0.15) is 5.75 Å². The van der Waals surface area contributed by atoms with E-state index in [4.69, 9.17) is 21.1 Å². The van der Waals surface area contributed by atoms with Crippen LogP contribution in [0.25, 0.3) is 0 Å². The Kier molecular flexibility index (Phi) is 8.58. The molecule has 1 fully saturated rings. The van der Waals surface area contributed by atoms with Crippen LogP contribution in [0.2, 0.25) is 5.02 Å². The Morgan fingerprint density at radius 2 is 1.53 bits per heavy atom. The van der Waals surface area contributed by atoms with Gasteiger partial charge in [-0.2, -0.15) is 4.31 Å². The van der Waals surface area contributed by atoms with Gasteiger partial charge in [0, 0.05) is 24.5 Å². The van der Waals surface area contributed by atoms with E-state index in [0.29, 0.717) is 36.9 Å². The van der Waals surface area contributed by atoms with Crippen LogP contribution in [0.4, 0.5) is 11.4 Å². The minimum atomic E-state index is -3.88. The molecule has 0 aliphatic carbocycles. The summed E-state index contributed by atoms with van der Waals surface area (Å²) in [6.45, 7) is 3.37. The van der Waals surface area contributed by atoms with E-state index in [0.717, 1.165) is 0 Å². The molecular formula is C25H26ClN3O7S2. The van der Waals surface area contributed by atoms with Crippen LogP contribution in [0.15, 0.2) is 76.5 Å². The van der Waals surface area contributed by atoms with Crippen LogP contribution in [0.5, 0.6) is 5.75 Å². The number of ether oxygens (including phenoxy) is 2. The smallest absolute Gasteiger partial charge is 0.261 e. The van der Waals surface area contributed by atoms with Gasteiger partial charge in [-0.15, -0.1) is 0 Å². The van der Waals surface area contributed by atoms with Gasteiger partial charge in [-0.05, 0) is 73.7 Å². The molecule has 1 saturated heterocycles. The fourth-order valence-electron chi connectivity index (χ4n) is 3.69. The summed E-state index contributed by atoms with van der Waals surface area (Å²) < 4.78 is 65.8. The van der Waals surface area contributed by atoms with Crippen molar-refractivity contribution in [2.24, 2.45) is 0 Å². The van der Waals surface area contributed by atoms with Gasteiger partial charge < -0.3 is 14.8 Å². The first-order valence-corrected chi connectivity index (χ1v) is 14.9. The first-order valence-electron chi connectivity index (χ1n) is 11.6. The highest BCUT2D eigenvalue weighted by atomic mass is 35.5. The van der Waals surface area contributed by atoms with E-state index in [1.54, 1.807) is 24.3 Å². The summed E-state index contributed by atoms with van der Waals surface area (Å²) in [6, 6.07) is 16.0. The third-order valence-electron chi connectivity index (χ3n) is 5.63. The fourth-order valence-corrected chi connectivity index (χ4v) is 6.39. The highest BCUT2D eigenvalue weighted by Crippen LogP contribution is 2.25. The van der Waals surface area contributed by atoms with Crippen molar-refractivity contribution in [3.8, 4) is 5.75 Å². The van der Waals surface area contributed by atoms with Crippen LogP contribution in [-0.2, 0) is 24.8 Å². The molecule has 10 nitrogen and oxygen atoms in total. The Morgan fingerprint density at radius 3 is 2.16 bits per heavy atom. The zero-order valence-electron chi connectivity index (χ0n) is 20.4. The molecule has 13 heteroatoms. The first kappa shape index (κ1) is 27.9. The molecule has 1 amide bonds. The molecule has 0 spiro atoms. The van der Waals surface area contributed by atoms with Gasteiger partial charge in [0.05, 0.1) is 40.2 Å². The number of morpholine rings is 1. The topological polar surface area (TPSA) is 131 Å². The summed E-state index contributed by atoms with van der Waals surface area (Å²) in [7, 11) is -7.71. The predicted molar refractivity (Wildman–Crippen MR) is 144 cm³/mol. The Morgan fingerprint density at radius 1 is 0.921 bits per heavy atom. The van der Waals surface area contributed by atoms with Crippen LogP contribution in [0.1, 0.15) is 17.3 Å². The van der Waals surface area contributed by atoms with Crippen molar-refractivity contribution >= 4 is 48.9 Å². The number of nitrogens with one attached hydrogen (secondary N) is 2. The van der Waals surface area contributed by atoms with Gasteiger partial charge in [-0.25, -0.2) is 16.8 Å². The van der Waals surface area contributed by atoms with Crippen LogP contribution >= 0.6 is 11.6 Å². The van der Waals surface area contributed by atoms with Crippen LogP contribution < -0.4 is 14.8 Å². The maximum Gasteiger partial charge on any atom is 0.261 e. The zero-order chi connectivity index (χ0) is 27.3. The molecule has 0 atom stereocenters. The van der Waals surface area contributed by atoms with Gasteiger partial charge >= 0.3 is 0 Å². The average molecular weight is 580 g/mol. The summed E-state index contributed by atoms with van der Waals surface area (Å²) in [5.41, 5.74) is 0.634. The molecule has 1 heterocycles. The Balaban J connectivity index is 1.47. The number of anilines is 2. The number of amides is 1. The van der Waals surface area contributed by atoms with Crippen molar-refractivity contribution in [1.29, 1.82) is 0 Å². The Bertz CT molecular complexity index is 1510. The van der Waals surface area contributed by atoms with Gasteiger partial charge in [0.15, 0.2) is 0 Å². The van der Waals surface area contributed by atoms with Crippen LogP contribution in [0, 0.1) is 0 Å². The summed E-state index contributed by atoms with van der Waals surface area (Å²) in [5, 5.41) is 2.69. The summed E-state index contributed by atoms with van der Waals surface area (Å²) in [6.07, 6.45) is 0. The minimum absolute atomic E-state index is 0.0129. The molecule has 0 aromatic heterocycles. The second-order valence-corrected chi connectivity index (χ2v) is 12.2. The van der Waals surface area contributed by atoms with Crippen molar-refractivity contribution in [2.45, 2.75) is 16.7 Å². The molecule has 0 bridgehead atoms. The third kappa shape index (κ3) is 6.45. The normalized spacial score (nSPS) is 14.6. The summed E-state index contributed by atoms with van der Waals surface area (Å²) in [4.78, 5) is 12.9. The molecule has 0 radical (unpaired) electrons. The lowest BCUT2D eigenvalue weighted by Gasteiger charge is -2.26. The summed E-state index contributed by atoms with van der Waals surface area (Å²) in [5.74, 6) is -0.0166. The van der Waals surface area contributed by atoms with E-state index in [2.05, 4.69) is 10.0 Å². The molecule has 2 N–H and O–H groups in total. The lowest BCUT2D eigenvalue weighted by Crippen LogP contribution is -2.40. The van der Waals surface area contributed by atoms with Gasteiger partial charge in [0.2, 0.25) is 10.0 Å². The molecule has 1 aliphatic rings. The van der Waals surface area contributed by atoms with E-state index < -0.39 is 26.0 Å². The molecule has 1 aliphatic heterocycles. The molecule has 4 rings (SSSR count). The van der Waals surface area contributed by atoms with E-state index >= 15 is 0 Å². The second kappa shape index (κ2) is 11.7. The molecule has 0 unspecified atom stereocenters. The van der Waals surface area contributed by atoms with Crippen molar-refractivity contribution in [1.82, 2.24) is 4.31 Å². The van der Waals surface area contributed by atoms with E-state index in [1.807, 2.05) is 6.92 Å². The monoisotopic (exact) mass is 579 g/mol. The number of carbonyl (C=O) groups is 1. The van der Waals surface area contributed by atoms with E-state index in [1.165, 1.54) is 46.8 Å². The molecule has 3 aromatic rings. The van der Waals surface area contributed by atoms with Crippen molar-refractivity contribution in [3.63, 3.8) is 0 Å². The standard InChI is InChI=1S/C25H26ClN3O7S2/c1-2-36-20-7-3-19(4-8-20)28-37(31,32)21-9-5-18(6-10-21)27-25(30)23-17-22(11-12-24(23)26)38(33,34)29-13-15-35-16-14-29/h3-12,17,28H,2,13-16H2,1H3,(H,27,30). The van der Waals surface area contributed by atoms with Gasteiger partial charge in [-0.3, -0.25) is 9.52 Å². The van der Waals surface area contributed by atoms with Crippen LogP contribution in [0.3, 0.4) is 0 Å². The minimum Gasteiger partial charge on any atom is -0.494 e. The number of nitrogens with zero attached hydrogens (tertiary/aromatic N) is 1. The quantitative estimate of drug-likeness (QED) is 0.394. The second-order valence-electron chi connectivity index (χ2n) is 8.20. The number of sulfonamides is 2. The van der Waals surface area contributed by atoms with E-state index in [9.17, 15) is 21.6 Å². The number of hydrogen-bond donors (Lipinski definition) is 2. The average Bonchev–Trinajstić information content (AvgIpc) is 2.91. The first-order chi connectivity index (χ1) is 18.1. The molecule has 38 heavy (non-hydrogen) atoms. The van der Waals surface area contributed by atoms with Crippen LogP contribution in [-0.4, -0.2) is 60.0 Å². The highest BCUT2D eigenvalue weighted by molar-refractivity contribution is 7.92. The fraction of sp³-hybridized carbons (Fsp3) is 0.240. The molecule has 0 saturated carbocycles. The number of hydrogen-bond acceptors (Lipinski definition) is 7. The van der Waals surface area contributed by atoms with Gasteiger partial charge in [-0.1, -0.05) is 11.6 Å². The summed E-state index contributed by atoms with van der Waals surface area (Å²) >= 11 is 6.20. The van der Waals surface area contributed by atoms with Gasteiger partial charge in [0.25, 0.3) is 15.9 Å². The SMILES string of the molecule is CCOc1ccc(NS(=O)(=O)c2ccc(NC(=O)c3cc(S(=O)(=O)N4CCOCC4)ccc3Cl)cc2)cc1. The molecule has 202 valence electrons. The lowest BCUT2D eigenvalue weighted by molar-refractivity contribution is 0.0730. The number of rotatable bonds is 9. The predicted octanol–water partition coefficient (Wildman–Crippen LogP) is 3.81. The lowest BCUT2D eigenvalue weighted by atomic mass is 10.2. The van der Waals surface area contributed by atoms with Crippen molar-refractivity contribution < 1.29 is 31.1 Å². The Labute approximate surface area is 226 Å². The number of halogens is 1. The largest absolute Gasteiger partial charge is 0.494 e. The zero-order valence-corrected chi connectivity index (χ0v) is 22.8. The number of carbonyl (C=O) groups excluding carboxylic acids is 1. The van der Waals surface area contributed by atoms with E-state index in [-0.39, 0.29) is 33.5 Å². The Hall–Kier alpha value is -3.16.